The molecular formula is C6H13N3O. The average molecular weight is 143 g/mol. The molecule has 2 N–H and O–H groups in total. The van der Waals surface area contributed by atoms with Gasteiger partial charge in [0, 0.05) is 19.6 Å². The van der Waals surface area contributed by atoms with Crippen molar-refractivity contribution in [3.63, 3.8) is 0 Å². The topological polar surface area (TPSA) is 36.5 Å². The lowest BCUT2D eigenvalue weighted by molar-refractivity contribution is -0.0255. The SMILES string of the molecule is C1CNN(C2CNCO2)C1. The first-order valence-electron chi connectivity index (χ1n) is 3.79. The Bertz CT molecular complexity index is 93.6. The second-order valence-electron chi connectivity index (χ2n) is 2.67. The zero-order valence-electron chi connectivity index (χ0n) is 5.97. The van der Waals surface area contributed by atoms with E-state index in [1.54, 1.807) is 0 Å². The molecular weight excluding hydrogens is 130 g/mol. The molecule has 0 radical (unpaired) electrons. The number of hydrazine groups is 1. The summed E-state index contributed by atoms with van der Waals surface area (Å²) in [6.07, 6.45) is 1.50. The summed E-state index contributed by atoms with van der Waals surface area (Å²) >= 11 is 0. The molecule has 2 aliphatic rings. The lowest BCUT2D eigenvalue weighted by Crippen LogP contribution is -2.42. The van der Waals surface area contributed by atoms with Crippen LogP contribution in [0.2, 0.25) is 0 Å². The van der Waals surface area contributed by atoms with Crippen LogP contribution < -0.4 is 10.7 Å². The maximum Gasteiger partial charge on any atom is 0.137 e. The molecule has 0 saturated carbocycles. The summed E-state index contributed by atoms with van der Waals surface area (Å²) in [5.74, 6) is 0. The first-order chi connectivity index (χ1) is 4.97. The highest BCUT2D eigenvalue weighted by atomic mass is 16.5. The zero-order chi connectivity index (χ0) is 6.81. The summed E-state index contributed by atoms with van der Waals surface area (Å²) < 4.78 is 5.39. The number of nitrogens with one attached hydrogen (secondary N) is 2. The zero-order valence-corrected chi connectivity index (χ0v) is 5.97. The Labute approximate surface area is 60.5 Å². The standard InChI is InChI=1S/C6H13N3O/c1-2-8-9(3-1)6-4-7-5-10-6/h6-8H,1-5H2. The van der Waals surface area contributed by atoms with Crippen LogP contribution in [0.3, 0.4) is 0 Å². The molecule has 58 valence electrons. The van der Waals surface area contributed by atoms with E-state index in [-0.39, 0.29) is 6.23 Å². The van der Waals surface area contributed by atoms with Gasteiger partial charge < -0.3 is 4.74 Å². The molecule has 10 heavy (non-hydrogen) atoms. The Morgan fingerprint density at radius 1 is 1.50 bits per heavy atom. The molecule has 2 fully saturated rings. The van der Waals surface area contributed by atoms with E-state index in [2.05, 4.69) is 15.8 Å². The fourth-order valence-electron chi connectivity index (χ4n) is 1.39. The van der Waals surface area contributed by atoms with Crippen LogP contribution in [0.15, 0.2) is 0 Å². The van der Waals surface area contributed by atoms with Crippen LogP contribution in [-0.4, -0.2) is 37.6 Å². The molecule has 1 unspecified atom stereocenters. The van der Waals surface area contributed by atoms with Gasteiger partial charge in [-0.05, 0) is 6.42 Å². The normalized spacial score (nSPS) is 35.4. The van der Waals surface area contributed by atoms with Crippen molar-refractivity contribution >= 4 is 0 Å². The van der Waals surface area contributed by atoms with Crippen molar-refractivity contribution in [3.05, 3.63) is 0 Å². The van der Waals surface area contributed by atoms with E-state index in [4.69, 9.17) is 4.74 Å². The first-order valence-corrected chi connectivity index (χ1v) is 3.79. The second-order valence-corrected chi connectivity index (χ2v) is 2.67. The Hall–Kier alpha value is -0.160. The molecule has 2 rings (SSSR count). The number of ether oxygens (including phenoxy) is 1. The molecule has 0 spiro atoms. The lowest BCUT2D eigenvalue weighted by Gasteiger charge is -2.20. The lowest BCUT2D eigenvalue weighted by atomic mass is 10.4. The summed E-state index contributed by atoms with van der Waals surface area (Å²) in [6.45, 7) is 3.86. The molecule has 0 aromatic carbocycles. The van der Waals surface area contributed by atoms with Gasteiger partial charge in [-0.2, -0.15) is 0 Å². The van der Waals surface area contributed by atoms with Gasteiger partial charge in [-0.25, -0.2) is 5.01 Å². The van der Waals surface area contributed by atoms with E-state index in [1.807, 2.05) is 0 Å². The summed E-state index contributed by atoms with van der Waals surface area (Å²) in [7, 11) is 0. The van der Waals surface area contributed by atoms with Crippen molar-refractivity contribution in [1.82, 2.24) is 15.8 Å². The van der Waals surface area contributed by atoms with E-state index in [0.29, 0.717) is 6.73 Å². The quantitative estimate of drug-likeness (QED) is 0.499. The minimum absolute atomic E-state index is 0.266. The third kappa shape index (κ3) is 1.15. The second kappa shape index (κ2) is 2.84. The Morgan fingerprint density at radius 3 is 3.10 bits per heavy atom. The van der Waals surface area contributed by atoms with Crippen LogP contribution in [0.5, 0.6) is 0 Å². The predicted molar refractivity (Wildman–Crippen MR) is 37.1 cm³/mol. The van der Waals surface area contributed by atoms with E-state index >= 15 is 0 Å². The third-order valence-electron chi connectivity index (χ3n) is 1.94. The Balaban J connectivity index is 1.85. The van der Waals surface area contributed by atoms with Crippen molar-refractivity contribution in [3.8, 4) is 0 Å². The average Bonchev–Trinajstić information content (AvgIpc) is 2.59. The third-order valence-corrected chi connectivity index (χ3v) is 1.94. The minimum Gasteiger partial charge on any atom is -0.345 e. The number of nitrogens with zero attached hydrogens (tertiary/aromatic N) is 1. The number of rotatable bonds is 1. The van der Waals surface area contributed by atoms with Crippen LogP contribution in [-0.2, 0) is 4.74 Å². The highest BCUT2D eigenvalue weighted by Gasteiger charge is 2.24. The van der Waals surface area contributed by atoms with Crippen LogP contribution in [0.1, 0.15) is 6.42 Å². The monoisotopic (exact) mass is 143 g/mol. The van der Waals surface area contributed by atoms with E-state index < -0.39 is 0 Å². The number of hydrogen-bond donors (Lipinski definition) is 2. The van der Waals surface area contributed by atoms with E-state index in [1.165, 1.54) is 6.42 Å². The molecule has 0 amide bonds. The molecule has 4 nitrogen and oxygen atoms in total. The van der Waals surface area contributed by atoms with Crippen molar-refractivity contribution in [2.24, 2.45) is 0 Å². The van der Waals surface area contributed by atoms with Crippen LogP contribution in [0, 0.1) is 0 Å². The molecule has 1 atom stereocenters. The van der Waals surface area contributed by atoms with E-state index in [9.17, 15) is 0 Å². The van der Waals surface area contributed by atoms with Gasteiger partial charge in [0.2, 0.25) is 0 Å². The van der Waals surface area contributed by atoms with Crippen LogP contribution >= 0.6 is 0 Å². The minimum atomic E-state index is 0.266. The Kier molecular flexibility index (Phi) is 1.86. The molecule has 2 heterocycles. The summed E-state index contributed by atoms with van der Waals surface area (Å²) in [5.41, 5.74) is 3.27. The predicted octanol–water partition coefficient (Wildman–Crippen LogP) is -0.900. The molecule has 2 saturated heterocycles. The molecule has 0 aromatic heterocycles. The molecule has 2 aliphatic heterocycles. The van der Waals surface area contributed by atoms with Crippen LogP contribution in [0.25, 0.3) is 0 Å². The Morgan fingerprint density at radius 2 is 2.50 bits per heavy atom. The van der Waals surface area contributed by atoms with Gasteiger partial charge in [-0.15, -0.1) is 0 Å². The summed E-state index contributed by atoms with van der Waals surface area (Å²) in [6, 6.07) is 0. The summed E-state index contributed by atoms with van der Waals surface area (Å²) in [4.78, 5) is 0. The molecule has 0 aliphatic carbocycles. The van der Waals surface area contributed by atoms with Crippen molar-refractivity contribution in [2.45, 2.75) is 12.6 Å². The van der Waals surface area contributed by atoms with Gasteiger partial charge in [0.1, 0.15) is 6.23 Å². The highest BCUT2D eigenvalue weighted by Crippen LogP contribution is 2.06. The molecule has 0 bridgehead atoms. The van der Waals surface area contributed by atoms with Crippen molar-refractivity contribution < 1.29 is 4.74 Å². The first kappa shape index (κ1) is 6.54. The molecule has 0 aromatic rings. The van der Waals surface area contributed by atoms with Crippen molar-refractivity contribution in [2.75, 3.05) is 26.4 Å². The number of hydrogen-bond acceptors (Lipinski definition) is 4. The molecule has 4 heteroatoms. The van der Waals surface area contributed by atoms with Gasteiger partial charge >= 0.3 is 0 Å². The van der Waals surface area contributed by atoms with Gasteiger partial charge in [0.15, 0.2) is 0 Å². The van der Waals surface area contributed by atoms with E-state index in [0.717, 1.165) is 19.6 Å². The highest BCUT2D eigenvalue weighted by molar-refractivity contribution is 4.70. The smallest absolute Gasteiger partial charge is 0.137 e. The fourth-order valence-corrected chi connectivity index (χ4v) is 1.39. The largest absolute Gasteiger partial charge is 0.345 e. The van der Waals surface area contributed by atoms with Crippen LogP contribution in [0.4, 0.5) is 0 Å². The maximum atomic E-state index is 5.39. The van der Waals surface area contributed by atoms with Gasteiger partial charge in [0.25, 0.3) is 0 Å². The van der Waals surface area contributed by atoms with Gasteiger partial charge in [-0.1, -0.05) is 0 Å². The summed E-state index contributed by atoms with van der Waals surface area (Å²) in [5, 5.41) is 5.31. The maximum absolute atomic E-state index is 5.39. The van der Waals surface area contributed by atoms with Gasteiger partial charge in [-0.3, -0.25) is 10.7 Å². The van der Waals surface area contributed by atoms with Crippen molar-refractivity contribution in [1.29, 1.82) is 0 Å². The van der Waals surface area contributed by atoms with Gasteiger partial charge in [0.05, 0.1) is 6.73 Å². The fraction of sp³-hybridized carbons (Fsp3) is 1.00.